The molecular weight excluding hydrogens is 296 g/mol. The number of benzene rings is 1. The molecule has 100 valence electrons. The molecule has 1 fully saturated rings. The van der Waals surface area contributed by atoms with Gasteiger partial charge in [0.05, 0.1) is 6.61 Å². The molecule has 0 aromatic heterocycles. The number of phenolic OH excluding ortho intramolecular Hbond substituents is 1. The van der Waals surface area contributed by atoms with Crippen LogP contribution >= 0.6 is 15.9 Å². The van der Waals surface area contributed by atoms with Crippen molar-refractivity contribution in [3.05, 3.63) is 28.2 Å². The van der Waals surface area contributed by atoms with Gasteiger partial charge in [-0.25, -0.2) is 0 Å². The maximum atomic E-state index is 9.81. The van der Waals surface area contributed by atoms with E-state index in [1.54, 1.807) is 6.07 Å². The second-order valence-electron chi connectivity index (χ2n) is 4.61. The van der Waals surface area contributed by atoms with Crippen LogP contribution < -0.4 is 0 Å². The molecule has 1 heterocycles. The van der Waals surface area contributed by atoms with Crippen LogP contribution in [0.3, 0.4) is 0 Å². The number of phenols is 1. The number of aromatic hydroxyl groups is 1. The maximum Gasteiger partial charge on any atom is 0.120 e. The third-order valence-electron chi connectivity index (χ3n) is 3.32. The highest BCUT2D eigenvalue weighted by atomic mass is 79.9. The monoisotopic (exact) mass is 314 g/mol. The number of aliphatic hydroxyl groups is 1. The molecule has 1 saturated heterocycles. The van der Waals surface area contributed by atoms with Gasteiger partial charge in [-0.1, -0.05) is 15.9 Å². The van der Waals surface area contributed by atoms with Crippen molar-refractivity contribution in [3.63, 3.8) is 0 Å². The molecule has 2 rings (SSSR count). The van der Waals surface area contributed by atoms with Crippen LogP contribution in [-0.4, -0.2) is 59.3 Å². The zero-order valence-corrected chi connectivity index (χ0v) is 11.9. The normalized spacial score (nSPS) is 18.1. The lowest BCUT2D eigenvalue weighted by atomic mass is 10.1. The topological polar surface area (TPSA) is 46.9 Å². The molecule has 0 atom stereocenters. The number of halogens is 1. The van der Waals surface area contributed by atoms with E-state index in [9.17, 15) is 5.11 Å². The van der Waals surface area contributed by atoms with Gasteiger partial charge in [-0.05, 0) is 18.2 Å². The lowest BCUT2D eigenvalue weighted by Gasteiger charge is -2.34. The minimum atomic E-state index is 0.229. The Morgan fingerprint density at radius 2 is 1.78 bits per heavy atom. The van der Waals surface area contributed by atoms with Crippen LogP contribution in [-0.2, 0) is 6.54 Å². The van der Waals surface area contributed by atoms with Crippen molar-refractivity contribution in [2.75, 3.05) is 39.3 Å². The van der Waals surface area contributed by atoms with Crippen LogP contribution in [0.2, 0.25) is 0 Å². The number of piperazine rings is 1. The molecule has 1 aromatic rings. The first-order valence-electron chi connectivity index (χ1n) is 6.22. The summed E-state index contributed by atoms with van der Waals surface area (Å²) in [7, 11) is 0. The Labute approximate surface area is 116 Å². The van der Waals surface area contributed by atoms with Crippen LogP contribution in [0.5, 0.6) is 5.75 Å². The smallest absolute Gasteiger partial charge is 0.120 e. The van der Waals surface area contributed by atoms with Crippen LogP contribution in [0.25, 0.3) is 0 Å². The first-order valence-corrected chi connectivity index (χ1v) is 7.01. The van der Waals surface area contributed by atoms with Crippen molar-refractivity contribution < 1.29 is 10.2 Å². The van der Waals surface area contributed by atoms with Crippen molar-refractivity contribution in [2.24, 2.45) is 0 Å². The van der Waals surface area contributed by atoms with Gasteiger partial charge < -0.3 is 10.2 Å². The molecule has 18 heavy (non-hydrogen) atoms. The van der Waals surface area contributed by atoms with Gasteiger partial charge in [0.15, 0.2) is 0 Å². The molecule has 0 spiro atoms. The summed E-state index contributed by atoms with van der Waals surface area (Å²) in [6.45, 7) is 5.68. The van der Waals surface area contributed by atoms with E-state index in [1.165, 1.54) is 0 Å². The summed E-state index contributed by atoms with van der Waals surface area (Å²) in [5, 5.41) is 18.7. The summed E-state index contributed by atoms with van der Waals surface area (Å²) in [5.41, 5.74) is 0.958. The second kappa shape index (κ2) is 6.52. The van der Waals surface area contributed by atoms with Crippen LogP contribution in [0.1, 0.15) is 5.56 Å². The number of rotatable bonds is 4. The third kappa shape index (κ3) is 3.68. The number of hydrogen-bond acceptors (Lipinski definition) is 4. The third-order valence-corrected chi connectivity index (χ3v) is 3.81. The van der Waals surface area contributed by atoms with E-state index in [0.717, 1.165) is 49.3 Å². The standard InChI is InChI=1S/C13H19BrN2O2/c14-12-1-2-13(18)11(9-12)10-16-5-3-15(4-6-16)7-8-17/h1-2,9,17-18H,3-8,10H2. The second-order valence-corrected chi connectivity index (χ2v) is 5.53. The molecule has 1 aliphatic heterocycles. The lowest BCUT2D eigenvalue weighted by Crippen LogP contribution is -2.46. The van der Waals surface area contributed by atoms with Gasteiger partial charge in [-0.15, -0.1) is 0 Å². The van der Waals surface area contributed by atoms with Gasteiger partial charge in [0.2, 0.25) is 0 Å². The summed E-state index contributed by atoms with van der Waals surface area (Å²) in [6, 6.07) is 5.54. The average molecular weight is 315 g/mol. The predicted octanol–water partition coefficient (Wildman–Crippen LogP) is 1.26. The number of β-amino-alcohol motifs (C(OH)–C–C–N with tert-alkyl or cyclic N) is 1. The van der Waals surface area contributed by atoms with Gasteiger partial charge in [0.25, 0.3) is 0 Å². The Morgan fingerprint density at radius 1 is 1.11 bits per heavy atom. The highest BCUT2D eigenvalue weighted by Crippen LogP contribution is 2.23. The first kappa shape index (κ1) is 13.8. The van der Waals surface area contributed by atoms with Crippen molar-refractivity contribution >= 4 is 15.9 Å². The summed E-state index contributed by atoms with van der Waals surface area (Å²) < 4.78 is 0.995. The van der Waals surface area contributed by atoms with E-state index < -0.39 is 0 Å². The van der Waals surface area contributed by atoms with Crippen molar-refractivity contribution in [3.8, 4) is 5.75 Å². The molecule has 0 bridgehead atoms. The Balaban J connectivity index is 1.89. The molecule has 0 radical (unpaired) electrons. The highest BCUT2D eigenvalue weighted by Gasteiger charge is 2.17. The van der Waals surface area contributed by atoms with E-state index in [0.29, 0.717) is 5.75 Å². The van der Waals surface area contributed by atoms with Gasteiger partial charge in [0, 0.05) is 49.3 Å². The molecule has 1 aromatic carbocycles. The van der Waals surface area contributed by atoms with Gasteiger partial charge in [-0.3, -0.25) is 9.80 Å². The summed E-state index contributed by atoms with van der Waals surface area (Å²) in [4.78, 5) is 4.59. The largest absolute Gasteiger partial charge is 0.508 e. The fourth-order valence-electron chi connectivity index (χ4n) is 2.23. The highest BCUT2D eigenvalue weighted by molar-refractivity contribution is 9.10. The molecular formula is C13H19BrN2O2. The van der Waals surface area contributed by atoms with E-state index in [2.05, 4.69) is 25.7 Å². The molecule has 1 aliphatic rings. The summed E-state index contributed by atoms with van der Waals surface area (Å²) >= 11 is 3.43. The van der Waals surface area contributed by atoms with Crippen molar-refractivity contribution in [1.82, 2.24) is 9.80 Å². The molecule has 0 aliphatic carbocycles. The van der Waals surface area contributed by atoms with E-state index in [4.69, 9.17) is 5.11 Å². The quantitative estimate of drug-likeness (QED) is 0.878. The van der Waals surface area contributed by atoms with Gasteiger partial charge in [-0.2, -0.15) is 0 Å². The lowest BCUT2D eigenvalue weighted by molar-refractivity contribution is 0.108. The Morgan fingerprint density at radius 3 is 2.44 bits per heavy atom. The van der Waals surface area contributed by atoms with Crippen molar-refractivity contribution in [1.29, 1.82) is 0 Å². The number of nitrogens with zero attached hydrogens (tertiary/aromatic N) is 2. The Kier molecular flexibility index (Phi) is 5.00. The van der Waals surface area contributed by atoms with Crippen LogP contribution in [0.4, 0.5) is 0 Å². The summed E-state index contributed by atoms with van der Waals surface area (Å²) in [6.07, 6.45) is 0. The zero-order chi connectivity index (χ0) is 13.0. The van der Waals surface area contributed by atoms with E-state index in [1.807, 2.05) is 12.1 Å². The fourth-order valence-corrected chi connectivity index (χ4v) is 2.64. The number of hydrogen-bond donors (Lipinski definition) is 2. The first-order chi connectivity index (χ1) is 8.69. The summed E-state index contributed by atoms with van der Waals surface area (Å²) in [5.74, 6) is 0.357. The van der Waals surface area contributed by atoms with Crippen molar-refractivity contribution in [2.45, 2.75) is 6.54 Å². The number of aliphatic hydroxyl groups excluding tert-OH is 1. The Bertz CT molecular complexity index is 393. The fraction of sp³-hybridized carbons (Fsp3) is 0.538. The van der Waals surface area contributed by atoms with E-state index in [-0.39, 0.29) is 6.61 Å². The molecule has 0 saturated carbocycles. The molecule has 2 N–H and O–H groups in total. The zero-order valence-electron chi connectivity index (χ0n) is 10.3. The minimum Gasteiger partial charge on any atom is -0.508 e. The van der Waals surface area contributed by atoms with Crippen LogP contribution in [0, 0.1) is 0 Å². The predicted molar refractivity (Wildman–Crippen MR) is 74.6 cm³/mol. The minimum absolute atomic E-state index is 0.229. The van der Waals surface area contributed by atoms with E-state index >= 15 is 0 Å². The average Bonchev–Trinajstić information content (AvgIpc) is 2.37. The van der Waals surface area contributed by atoms with Gasteiger partial charge in [0.1, 0.15) is 5.75 Å². The van der Waals surface area contributed by atoms with Gasteiger partial charge >= 0.3 is 0 Å². The maximum absolute atomic E-state index is 9.81. The molecule has 0 unspecified atom stereocenters. The Hall–Kier alpha value is -0.620. The molecule has 5 heteroatoms. The molecule has 0 amide bonds. The molecule has 4 nitrogen and oxygen atoms in total. The SMILES string of the molecule is OCCN1CCN(Cc2cc(Br)ccc2O)CC1. The van der Waals surface area contributed by atoms with Crippen LogP contribution in [0.15, 0.2) is 22.7 Å².